The van der Waals surface area contributed by atoms with Gasteiger partial charge < -0.3 is 5.32 Å². The first-order chi connectivity index (χ1) is 12.9. The van der Waals surface area contributed by atoms with Crippen molar-refractivity contribution in [3.8, 4) is 0 Å². The van der Waals surface area contributed by atoms with E-state index in [4.69, 9.17) is 11.6 Å². The monoisotopic (exact) mass is 424 g/mol. The molecular formula is C19H21ClN2O3S2. The van der Waals surface area contributed by atoms with Gasteiger partial charge in [-0.05, 0) is 55.5 Å². The van der Waals surface area contributed by atoms with Crippen molar-refractivity contribution in [2.45, 2.75) is 22.6 Å². The third-order valence-corrected chi connectivity index (χ3v) is 7.76. The standard InChI is InChI=1S/C19H21ClN2O3S2/c1-26-17-4-2-3-5-18(17)27(24,25)22-12-10-14(11-13-22)19(23)21-16-8-6-15(20)7-9-16/h2-9,14H,10-13H2,1H3,(H,21,23). The van der Waals surface area contributed by atoms with Gasteiger partial charge in [0.1, 0.15) is 0 Å². The molecule has 1 N–H and O–H groups in total. The molecule has 1 aliphatic rings. The van der Waals surface area contributed by atoms with Gasteiger partial charge in [-0.25, -0.2) is 8.42 Å². The number of hydrogen-bond donors (Lipinski definition) is 1. The molecule has 27 heavy (non-hydrogen) atoms. The Labute approximate surface area is 169 Å². The van der Waals surface area contributed by atoms with Gasteiger partial charge in [-0.2, -0.15) is 4.31 Å². The minimum Gasteiger partial charge on any atom is -0.326 e. The van der Waals surface area contributed by atoms with Crippen LogP contribution in [0.1, 0.15) is 12.8 Å². The number of anilines is 1. The van der Waals surface area contributed by atoms with E-state index in [1.807, 2.05) is 18.4 Å². The Bertz CT molecular complexity index is 909. The maximum atomic E-state index is 13.0. The van der Waals surface area contributed by atoms with E-state index in [9.17, 15) is 13.2 Å². The van der Waals surface area contributed by atoms with Crippen molar-refractivity contribution in [3.63, 3.8) is 0 Å². The quantitative estimate of drug-likeness (QED) is 0.734. The van der Waals surface area contributed by atoms with Crippen LogP contribution in [0.4, 0.5) is 5.69 Å². The Kier molecular flexibility index (Phi) is 6.47. The third kappa shape index (κ3) is 4.66. The molecule has 2 aromatic rings. The highest BCUT2D eigenvalue weighted by Gasteiger charge is 2.33. The molecule has 0 bridgehead atoms. The predicted molar refractivity (Wildman–Crippen MR) is 110 cm³/mol. The van der Waals surface area contributed by atoms with E-state index < -0.39 is 10.0 Å². The Hall–Kier alpha value is -1.54. The number of carbonyl (C=O) groups excluding carboxylic acids is 1. The molecule has 1 fully saturated rings. The second kappa shape index (κ2) is 8.65. The zero-order valence-corrected chi connectivity index (χ0v) is 17.3. The summed E-state index contributed by atoms with van der Waals surface area (Å²) in [5.41, 5.74) is 0.688. The molecule has 0 unspecified atom stereocenters. The van der Waals surface area contributed by atoms with Crippen LogP contribution in [0.25, 0.3) is 0 Å². The van der Waals surface area contributed by atoms with Crippen molar-refractivity contribution in [2.75, 3.05) is 24.7 Å². The fraction of sp³-hybridized carbons (Fsp3) is 0.316. The highest BCUT2D eigenvalue weighted by Crippen LogP contribution is 2.30. The maximum absolute atomic E-state index is 13.0. The SMILES string of the molecule is CSc1ccccc1S(=O)(=O)N1CCC(C(=O)Nc2ccc(Cl)cc2)CC1. The molecule has 3 rings (SSSR count). The lowest BCUT2D eigenvalue weighted by Gasteiger charge is -2.31. The molecule has 0 aliphatic carbocycles. The fourth-order valence-corrected chi connectivity index (χ4v) is 5.83. The number of hydrogen-bond acceptors (Lipinski definition) is 4. The summed E-state index contributed by atoms with van der Waals surface area (Å²) in [5.74, 6) is -0.290. The average molecular weight is 425 g/mol. The van der Waals surface area contributed by atoms with E-state index in [0.717, 1.165) is 4.90 Å². The Morgan fingerprint density at radius 3 is 2.37 bits per heavy atom. The Balaban J connectivity index is 1.64. The third-order valence-electron chi connectivity index (χ3n) is 4.62. The summed E-state index contributed by atoms with van der Waals surface area (Å²) in [4.78, 5) is 13.5. The number of benzene rings is 2. The van der Waals surface area contributed by atoms with Crippen molar-refractivity contribution in [1.82, 2.24) is 4.31 Å². The second-order valence-electron chi connectivity index (χ2n) is 6.33. The van der Waals surface area contributed by atoms with Crippen molar-refractivity contribution in [3.05, 3.63) is 53.6 Å². The van der Waals surface area contributed by atoms with Gasteiger partial charge in [0.15, 0.2) is 0 Å². The minimum absolute atomic E-state index is 0.0844. The van der Waals surface area contributed by atoms with E-state index in [1.54, 1.807) is 36.4 Å². The van der Waals surface area contributed by atoms with Crippen LogP contribution >= 0.6 is 23.4 Å². The van der Waals surface area contributed by atoms with Crippen LogP contribution in [-0.2, 0) is 14.8 Å². The number of piperidine rings is 1. The number of amides is 1. The number of thioether (sulfide) groups is 1. The number of carbonyl (C=O) groups is 1. The van der Waals surface area contributed by atoms with E-state index in [1.165, 1.54) is 16.1 Å². The summed E-state index contributed by atoms with van der Waals surface area (Å²) in [6.45, 7) is 0.674. The normalized spacial score (nSPS) is 16.2. The van der Waals surface area contributed by atoms with Gasteiger partial charge in [-0.3, -0.25) is 4.79 Å². The lowest BCUT2D eigenvalue weighted by molar-refractivity contribution is -0.120. The largest absolute Gasteiger partial charge is 0.326 e. The van der Waals surface area contributed by atoms with Crippen LogP contribution in [0.3, 0.4) is 0 Å². The lowest BCUT2D eigenvalue weighted by Crippen LogP contribution is -2.41. The molecule has 0 saturated carbocycles. The lowest BCUT2D eigenvalue weighted by atomic mass is 9.97. The molecule has 1 saturated heterocycles. The molecule has 1 amide bonds. The smallest absolute Gasteiger partial charge is 0.244 e. The number of rotatable bonds is 5. The Morgan fingerprint density at radius 2 is 1.74 bits per heavy atom. The second-order valence-corrected chi connectivity index (χ2v) is 9.52. The first-order valence-electron chi connectivity index (χ1n) is 8.61. The van der Waals surface area contributed by atoms with Gasteiger partial charge in [0.05, 0.1) is 4.90 Å². The maximum Gasteiger partial charge on any atom is 0.244 e. The molecule has 0 radical (unpaired) electrons. The molecule has 8 heteroatoms. The Morgan fingerprint density at radius 1 is 1.11 bits per heavy atom. The zero-order valence-electron chi connectivity index (χ0n) is 14.9. The van der Waals surface area contributed by atoms with Crippen LogP contribution in [0.15, 0.2) is 58.3 Å². The number of nitrogens with one attached hydrogen (secondary N) is 1. The summed E-state index contributed by atoms with van der Waals surface area (Å²) < 4.78 is 27.4. The molecule has 1 heterocycles. The zero-order chi connectivity index (χ0) is 19.4. The van der Waals surface area contributed by atoms with Gasteiger partial charge in [0.2, 0.25) is 15.9 Å². The predicted octanol–water partition coefficient (Wildman–Crippen LogP) is 4.10. The molecule has 0 spiro atoms. The molecule has 1 aliphatic heterocycles. The van der Waals surface area contributed by atoms with Gasteiger partial charge in [-0.15, -0.1) is 11.8 Å². The van der Waals surface area contributed by atoms with Crippen LogP contribution in [-0.4, -0.2) is 38.0 Å². The number of halogens is 1. The molecule has 5 nitrogen and oxygen atoms in total. The minimum atomic E-state index is -3.55. The van der Waals surface area contributed by atoms with E-state index in [0.29, 0.717) is 41.5 Å². The van der Waals surface area contributed by atoms with Gasteiger partial charge in [-0.1, -0.05) is 23.7 Å². The van der Waals surface area contributed by atoms with Gasteiger partial charge >= 0.3 is 0 Å². The number of sulfonamides is 1. The van der Waals surface area contributed by atoms with Crippen molar-refractivity contribution in [2.24, 2.45) is 5.92 Å². The van der Waals surface area contributed by atoms with Gasteiger partial charge in [0, 0.05) is 34.6 Å². The van der Waals surface area contributed by atoms with E-state index in [2.05, 4.69) is 5.32 Å². The fourth-order valence-electron chi connectivity index (χ4n) is 3.11. The van der Waals surface area contributed by atoms with E-state index in [-0.39, 0.29) is 11.8 Å². The topological polar surface area (TPSA) is 66.5 Å². The van der Waals surface area contributed by atoms with Crippen LogP contribution in [0.5, 0.6) is 0 Å². The first-order valence-corrected chi connectivity index (χ1v) is 11.7. The molecule has 0 aromatic heterocycles. The van der Waals surface area contributed by atoms with Gasteiger partial charge in [0.25, 0.3) is 0 Å². The summed E-state index contributed by atoms with van der Waals surface area (Å²) in [6.07, 6.45) is 2.86. The summed E-state index contributed by atoms with van der Waals surface area (Å²) in [7, 11) is -3.55. The molecule has 144 valence electrons. The van der Waals surface area contributed by atoms with Crippen LogP contribution in [0, 0.1) is 5.92 Å². The first kappa shape index (κ1) is 20.2. The van der Waals surface area contributed by atoms with Crippen molar-refractivity contribution in [1.29, 1.82) is 0 Å². The molecular weight excluding hydrogens is 404 g/mol. The highest BCUT2D eigenvalue weighted by molar-refractivity contribution is 7.99. The highest BCUT2D eigenvalue weighted by atomic mass is 35.5. The molecule has 0 atom stereocenters. The van der Waals surface area contributed by atoms with Crippen LogP contribution < -0.4 is 5.32 Å². The van der Waals surface area contributed by atoms with Crippen molar-refractivity contribution >= 4 is 45.0 Å². The molecule has 2 aromatic carbocycles. The number of nitrogens with zero attached hydrogens (tertiary/aromatic N) is 1. The van der Waals surface area contributed by atoms with E-state index >= 15 is 0 Å². The summed E-state index contributed by atoms with van der Waals surface area (Å²) in [5, 5.41) is 3.48. The summed E-state index contributed by atoms with van der Waals surface area (Å²) in [6, 6.07) is 13.9. The average Bonchev–Trinajstić information content (AvgIpc) is 2.69. The van der Waals surface area contributed by atoms with Crippen molar-refractivity contribution < 1.29 is 13.2 Å². The summed E-state index contributed by atoms with van der Waals surface area (Å²) >= 11 is 7.27. The van der Waals surface area contributed by atoms with Crippen LogP contribution in [0.2, 0.25) is 5.02 Å².